The summed E-state index contributed by atoms with van der Waals surface area (Å²) in [5, 5.41) is 10.6. The quantitative estimate of drug-likeness (QED) is 0.240. The molecule has 10 heteroatoms. The summed E-state index contributed by atoms with van der Waals surface area (Å²) in [5.41, 5.74) is 7.12. The van der Waals surface area contributed by atoms with E-state index < -0.39 is 0 Å². The maximum absolute atomic E-state index is 13.5. The molecule has 1 saturated carbocycles. The summed E-state index contributed by atoms with van der Waals surface area (Å²) in [7, 11) is 0. The van der Waals surface area contributed by atoms with E-state index in [9.17, 15) is 9.18 Å². The van der Waals surface area contributed by atoms with Crippen LogP contribution in [0.1, 0.15) is 32.1 Å². The van der Waals surface area contributed by atoms with Crippen LogP contribution in [0.3, 0.4) is 0 Å². The number of fused-ring (bicyclic) bond motifs is 2. The van der Waals surface area contributed by atoms with Gasteiger partial charge in [-0.25, -0.2) is 14.4 Å². The number of nitrogens with one attached hydrogen (secondary N) is 3. The molecule has 40 heavy (non-hydrogen) atoms. The van der Waals surface area contributed by atoms with Gasteiger partial charge in [0.2, 0.25) is 5.91 Å². The monoisotopic (exact) mass is 532 g/mol. The Labute approximate surface area is 228 Å². The number of benzene rings is 1. The van der Waals surface area contributed by atoms with Crippen LogP contribution in [-0.2, 0) is 4.79 Å². The van der Waals surface area contributed by atoms with Crippen LogP contribution >= 0.6 is 0 Å². The van der Waals surface area contributed by atoms with Crippen molar-refractivity contribution in [3.63, 3.8) is 0 Å². The molecule has 6 aromatic rings. The van der Waals surface area contributed by atoms with E-state index in [1.807, 2.05) is 18.2 Å². The van der Waals surface area contributed by atoms with E-state index >= 15 is 0 Å². The molecule has 0 atom stereocenters. The fourth-order valence-corrected chi connectivity index (χ4v) is 5.37. The molecule has 5 aromatic heterocycles. The molecule has 198 valence electrons. The van der Waals surface area contributed by atoms with E-state index in [0.29, 0.717) is 33.9 Å². The maximum Gasteiger partial charge on any atom is 0.227 e. The Morgan fingerprint density at radius 2 is 1.68 bits per heavy atom. The van der Waals surface area contributed by atoms with Gasteiger partial charge in [-0.05, 0) is 48.7 Å². The van der Waals surface area contributed by atoms with Gasteiger partial charge in [0.25, 0.3) is 0 Å². The van der Waals surface area contributed by atoms with Crippen molar-refractivity contribution >= 4 is 33.7 Å². The molecule has 0 radical (unpaired) electrons. The number of carbonyl (C=O) groups excluding carboxylic acids is 1. The van der Waals surface area contributed by atoms with Crippen molar-refractivity contribution in [1.82, 2.24) is 35.1 Å². The van der Waals surface area contributed by atoms with Gasteiger partial charge >= 0.3 is 0 Å². The van der Waals surface area contributed by atoms with E-state index in [1.54, 1.807) is 36.9 Å². The molecule has 0 saturated heterocycles. The van der Waals surface area contributed by atoms with Crippen LogP contribution in [0.25, 0.3) is 56.0 Å². The van der Waals surface area contributed by atoms with Crippen LogP contribution in [0, 0.1) is 11.7 Å². The maximum atomic E-state index is 13.5. The highest BCUT2D eigenvalue weighted by Gasteiger charge is 2.22. The molecule has 5 heterocycles. The van der Waals surface area contributed by atoms with Gasteiger partial charge in [0.15, 0.2) is 11.5 Å². The predicted octanol–water partition coefficient (Wildman–Crippen LogP) is 6.28. The minimum absolute atomic E-state index is 0.0542. The SMILES string of the molecule is O=C(Nc1cncc(-c2ccc3[nH]nc(-c4nc5c(-c6ccc(F)cc6)cncc5[nH]4)c3n2)c1)C1CCCCC1. The van der Waals surface area contributed by atoms with E-state index in [1.165, 1.54) is 18.6 Å². The Balaban J connectivity index is 1.22. The number of anilines is 1. The van der Waals surface area contributed by atoms with E-state index in [2.05, 4.69) is 30.5 Å². The van der Waals surface area contributed by atoms with Gasteiger partial charge in [0.05, 0.1) is 40.3 Å². The number of H-pyrrole nitrogens is 2. The molecule has 1 amide bonds. The molecule has 1 fully saturated rings. The van der Waals surface area contributed by atoms with Crippen LogP contribution in [0.5, 0.6) is 0 Å². The normalized spacial score (nSPS) is 14.1. The molecular weight excluding hydrogens is 507 g/mol. The summed E-state index contributed by atoms with van der Waals surface area (Å²) in [4.78, 5) is 34.5. The first-order valence-electron chi connectivity index (χ1n) is 13.3. The summed E-state index contributed by atoms with van der Waals surface area (Å²) >= 11 is 0. The third-order valence-corrected chi connectivity index (χ3v) is 7.46. The smallest absolute Gasteiger partial charge is 0.227 e. The van der Waals surface area contributed by atoms with Gasteiger partial charge in [-0.15, -0.1) is 0 Å². The van der Waals surface area contributed by atoms with Crippen LogP contribution in [0.15, 0.2) is 67.3 Å². The van der Waals surface area contributed by atoms with E-state index in [4.69, 9.17) is 9.97 Å². The molecular formula is C30H25FN8O. The third kappa shape index (κ3) is 4.47. The standard InChI is InChI=1S/C30H25FN8O/c31-20-8-6-17(7-9-20)22-15-33-16-25-26(22)37-29(36-25)28-27-24(38-39-28)11-10-23(35-27)19-12-21(14-32-13-19)34-30(40)18-4-2-1-3-5-18/h6-16,18H,1-5H2,(H,34,40)(H,36,37)(H,38,39). The molecule has 0 bridgehead atoms. The largest absolute Gasteiger partial charge is 0.335 e. The van der Waals surface area contributed by atoms with E-state index in [0.717, 1.165) is 53.4 Å². The van der Waals surface area contributed by atoms with Crippen molar-refractivity contribution < 1.29 is 9.18 Å². The highest BCUT2D eigenvalue weighted by atomic mass is 19.1. The van der Waals surface area contributed by atoms with Crippen LogP contribution in [0.2, 0.25) is 0 Å². The Morgan fingerprint density at radius 3 is 2.52 bits per heavy atom. The molecule has 0 unspecified atom stereocenters. The molecule has 0 spiro atoms. The lowest BCUT2D eigenvalue weighted by Crippen LogP contribution is -2.24. The molecule has 1 aromatic carbocycles. The third-order valence-electron chi connectivity index (χ3n) is 7.46. The van der Waals surface area contributed by atoms with Crippen molar-refractivity contribution in [3.8, 4) is 33.9 Å². The second-order valence-electron chi connectivity index (χ2n) is 10.1. The topological polar surface area (TPSA) is 125 Å². The number of imidazole rings is 1. The van der Waals surface area contributed by atoms with Gasteiger partial charge in [-0.3, -0.25) is 19.9 Å². The predicted molar refractivity (Wildman–Crippen MR) is 151 cm³/mol. The molecule has 1 aliphatic carbocycles. The number of rotatable bonds is 5. The Hall–Kier alpha value is -4.99. The van der Waals surface area contributed by atoms with Gasteiger partial charge in [-0.1, -0.05) is 31.4 Å². The van der Waals surface area contributed by atoms with Crippen molar-refractivity contribution in [2.75, 3.05) is 5.32 Å². The zero-order valence-corrected chi connectivity index (χ0v) is 21.5. The zero-order valence-electron chi connectivity index (χ0n) is 21.5. The molecule has 7 rings (SSSR count). The average molecular weight is 533 g/mol. The van der Waals surface area contributed by atoms with Gasteiger partial charge < -0.3 is 10.3 Å². The number of hydrogen-bond acceptors (Lipinski definition) is 6. The van der Waals surface area contributed by atoms with Crippen molar-refractivity contribution in [2.45, 2.75) is 32.1 Å². The first-order chi connectivity index (χ1) is 19.6. The number of carbonyl (C=O) groups is 1. The fraction of sp³-hybridized carbons (Fsp3) is 0.200. The minimum Gasteiger partial charge on any atom is -0.335 e. The number of hydrogen-bond donors (Lipinski definition) is 3. The minimum atomic E-state index is -0.302. The highest BCUT2D eigenvalue weighted by Crippen LogP contribution is 2.32. The van der Waals surface area contributed by atoms with Crippen LogP contribution in [-0.4, -0.2) is 41.0 Å². The molecule has 9 nitrogen and oxygen atoms in total. The summed E-state index contributed by atoms with van der Waals surface area (Å²) < 4.78 is 13.5. The lowest BCUT2D eigenvalue weighted by Gasteiger charge is -2.20. The Morgan fingerprint density at radius 1 is 0.850 bits per heavy atom. The lowest BCUT2D eigenvalue weighted by molar-refractivity contribution is -0.120. The summed E-state index contributed by atoms with van der Waals surface area (Å²) in [6, 6.07) is 11.9. The zero-order chi connectivity index (χ0) is 27.1. The number of nitrogens with zero attached hydrogens (tertiary/aromatic N) is 5. The van der Waals surface area contributed by atoms with E-state index in [-0.39, 0.29) is 17.6 Å². The molecule has 1 aliphatic rings. The second kappa shape index (κ2) is 9.96. The second-order valence-corrected chi connectivity index (χ2v) is 10.1. The highest BCUT2D eigenvalue weighted by molar-refractivity contribution is 5.96. The summed E-state index contributed by atoms with van der Waals surface area (Å²) in [6.45, 7) is 0. The number of aromatic amines is 2. The Bertz CT molecular complexity index is 1850. The molecule has 0 aliphatic heterocycles. The number of aromatic nitrogens is 7. The summed E-state index contributed by atoms with van der Waals surface area (Å²) in [6.07, 6.45) is 12.1. The van der Waals surface area contributed by atoms with Gasteiger partial charge in [0.1, 0.15) is 11.3 Å². The van der Waals surface area contributed by atoms with Crippen molar-refractivity contribution in [3.05, 3.63) is 73.1 Å². The van der Waals surface area contributed by atoms with Gasteiger partial charge in [0, 0.05) is 29.4 Å². The van der Waals surface area contributed by atoms with Crippen LogP contribution < -0.4 is 5.32 Å². The van der Waals surface area contributed by atoms with Crippen molar-refractivity contribution in [2.24, 2.45) is 5.92 Å². The summed E-state index contributed by atoms with van der Waals surface area (Å²) in [5.74, 6) is 0.346. The average Bonchev–Trinajstić information content (AvgIpc) is 3.62. The lowest BCUT2D eigenvalue weighted by atomic mass is 9.88. The fourth-order valence-electron chi connectivity index (χ4n) is 5.37. The number of pyridine rings is 3. The first kappa shape index (κ1) is 24.1. The van der Waals surface area contributed by atoms with Crippen molar-refractivity contribution in [1.29, 1.82) is 0 Å². The Kier molecular flexibility index (Phi) is 5.99. The first-order valence-corrected chi connectivity index (χ1v) is 13.3. The van der Waals surface area contributed by atoms with Crippen LogP contribution in [0.4, 0.5) is 10.1 Å². The number of halogens is 1. The number of amides is 1. The van der Waals surface area contributed by atoms with Gasteiger partial charge in [-0.2, -0.15) is 5.10 Å². The molecule has 3 N–H and O–H groups in total.